The van der Waals surface area contributed by atoms with Gasteiger partial charge in [-0.15, -0.1) is 6.42 Å². The van der Waals surface area contributed by atoms with Crippen LogP contribution >= 0.6 is 7.82 Å². The third-order valence-corrected chi connectivity index (χ3v) is 11.5. The molecule has 0 radical (unpaired) electrons. The molecule has 4 rings (SSSR count). The number of ether oxygens (including phenoxy) is 2. The van der Waals surface area contributed by atoms with Crippen molar-refractivity contribution in [3.63, 3.8) is 0 Å². The van der Waals surface area contributed by atoms with Crippen molar-refractivity contribution in [3.8, 4) is 12.3 Å². The molecule has 2 aromatic heterocycles. The number of hydrogen-bond acceptors (Lipinski definition) is 14. The molecule has 0 aliphatic carbocycles. The van der Waals surface area contributed by atoms with Crippen LogP contribution in [0.4, 0.5) is 11.6 Å². The first-order valence-corrected chi connectivity index (χ1v) is 21.6. The Bertz CT molecular complexity index is 1790. The summed E-state index contributed by atoms with van der Waals surface area (Å²) in [7, 11) is -5.57. The molecule has 4 heterocycles. The van der Waals surface area contributed by atoms with Crippen molar-refractivity contribution >= 4 is 19.5 Å². The maximum atomic E-state index is 13.2. The van der Waals surface area contributed by atoms with Crippen molar-refractivity contribution < 1.29 is 48.8 Å². The summed E-state index contributed by atoms with van der Waals surface area (Å²) < 4.78 is 30.7. The highest BCUT2D eigenvalue weighted by molar-refractivity contribution is 7.46. The number of terminal acetylenes is 1. The van der Waals surface area contributed by atoms with E-state index < -0.39 is 73.4 Å². The molecule has 0 spiro atoms. The molecule has 320 valence electrons. The van der Waals surface area contributed by atoms with Crippen LogP contribution in [0.1, 0.15) is 129 Å². The maximum Gasteiger partial charge on any atom is 0.470 e. The van der Waals surface area contributed by atoms with Gasteiger partial charge in [-0.25, -0.2) is 14.2 Å². The van der Waals surface area contributed by atoms with E-state index in [1.165, 1.54) is 102 Å². The lowest BCUT2D eigenvalue weighted by Gasteiger charge is -2.43. The number of aliphatic hydroxyl groups excluding tert-OH is 3. The molecule has 2 aromatic rings. The number of anilines is 2. The van der Waals surface area contributed by atoms with Crippen molar-refractivity contribution in [2.24, 2.45) is 0 Å². The Morgan fingerprint density at radius 3 is 1.88 bits per heavy atom. The average molecular weight is 825 g/mol. The van der Waals surface area contributed by atoms with Gasteiger partial charge in [0.2, 0.25) is 0 Å². The minimum atomic E-state index is -5.57. The number of aliphatic hydroxyl groups is 4. The van der Waals surface area contributed by atoms with Gasteiger partial charge >= 0.3 is 19.2 Å². The number of unbranched alkanes of at least 4 members (excludes halogenated alkanes) is 15. The topological polar surface area (TPSA) is 274 Å². The number of nitrogen functional groups attached to an aromatic ring is 1. The molecule has 0 saturated carbocycles. The van der Waals surface area contributed by atoms with Crippen LogP contribution in [0.5, 0.6) is 0 Å². The first-order chi connectivity index (χ1) is 27.1. The lowest BCUT2D eigenvalue weighted by atomic mass is 9.78. The van der Waals surface area contributed by atoms with Crippen molar-refractivity contribution in [2.75, 3.05) is 17.6 Å². The van der Waals surface area contributed by atoms with Gasteiger partial charge in [-0.1, -0.05) is 109 Å². The average Bonchev–Trinajstić information content (AvgIpc) is 3.60. The Hall–Kier alpha value is -3.21. The van der Waals surface area contributed by atoms with Gasteiger partial charge in [-0.05, 0) is 25.5 Å². The number of phosphoric acid groups is 1. The molecule has 0 bridgehead atoms. The molecular weight excluding hydrogens is 763 g/mol. The van der Waals surface area contributed by atoms with Crippen molar-refractivity contribution in [1.29, 1.82) is 0 Å². The lowest BCUT2D eigenvalue weighted by Crippen LogP contribution is -2.63. The fraction of sp³-hybridized carbons (Fsp3) is 0.737. The highest BCUT2D eigenvalue weighted by Gasteiger charge is 2.68. The van der Waals surface area contributed by atoms with Gasteiger partial charge in [0.05, 0.1) is 0 Å². The normalized spacial score (nSPS) is 27.3. The number of nitrogens with two attached hydrogens (primary N) is 1. The van der Waals surface area contributed by atoms with Crippen LogP contribution in [0.2, 0.25) is 0 Å². The Morgan fingerprint density at radius 2 is 1.37 bits per heavy atom. The van der Waals surface area contributed by atoms with E-state index in [0.717, 1.165) is 41.5 Å². The molecule has 9 unspecified atom stereocenters. The minimum absolute atomic E-state index is 0.173. The Labute approximate surface area is 333 Å². The van der Waals surface area contributed by atoms with E-state index in [1.54, 1.807) is 0 Å². The number of nitrogens with zero attached hydrogens (tertiary/aromatic N) is 4. The van der Waals surface area contributed by atoms with Gasteiger partial charge in [0.1, 0.15) is 47.8 Å². The largest absolute Gasteiger partial charge is 0.470 e. The van der Waals surface area contributed by atoms with E-state index in [2.05, 4.69) is 22.2 Å². The maximum absolute atomic E-state index is 13.2. The molecule has 0 amide bonds. The summed E-state index contributed by atoms with van der Waals surface area (Å²) in [5.74, 6) is 2.03. The quantitative estimate of drug-likeness (QED) is 0.0429. The van der Waals surface area contributed by atoms with Gasteiger partial charge in [-0.3, -0.25) is 13.7 Å². The molecule has 0 aromatic carbocycles. The number of phosphoric ester groups is 1. The van der Waals surface area contributed by atoms with E-state index in [1.807, 2.05) is 5.92 Å². The van der Waals surface area contributed by atoms with Crippen LogP contribution in [0.3, 0.4) is 0 Å². The van der Waals surface area contributed by atoms with Crippen molar-refractivity contribution in [1.82, 2.24) is 19.1 Å². The summed E-state index contributed by atoms with van der Waals surface area (Å²) in [6.07, 6.45) is 14.3. The van der Waals surface area contributed by atoms with Gasteiger partial charge in [0.25, 0.3) is 0 Å². The summed E-state index contributed by atoms with van der Waals surface area (Å²) in [5, 5.41) is 48.1. The Kier molecular flexibility index (Phi) is 17.3. The number of hydrogen-bond donors (Lipinski definition) is 8. The lowest BCUT2D eigenvalue weighted by molar-refractivity contribution is -0.206. The SMILES string of the molecule is C#CC1(O)C(O)C(n2ccc(N)nc2=O)OC1C(C)(OP(=O)(O)O)C1OC(n2ccc(NCCCCCCCCCCCCCCCCCC)nc2=O)C(O)C1O. The molecule has 18 nitrogen and oxygen atoms in total. The van der Waals surface area contributed by atoms with Crippen molar-refractivity contribution in [2.45, 2.75) is 171 Å². The standard InChI is InChI=1S/C38H61N6O12P/c1-4-6-7-8-9-10-11-12-13-14-15-16-17-18-19-20-23-40-27-22-25-43(36(49)42-27)32-29(46)28(45)31(54-32)37(3,56-57(51,52)53)34-38(50,5-2)30(47)33(55-34)44-24-21-26(39)41-35(44)48/h2,21-22,24-25,28-34,45-47,50H,4,6-20,23H2,1,3H3,(H2,39,41,48)(H,40,42,49)(H2,51,52,53). The third-order valence-electron chi connectivity index (χ3n) is 10.8. The predicted molar refractivity (Wildman–Crippen MR) is 211 cm³/mol. The number of rotatable bonds is 24. The monoisotopic (exact) mass is 824 g/mol. The third kappa shape index (κ3) is 11.9. The molecular formula is C38H61N6O12P. The van der Waals surface area contributed by atoms with Gasteiger partial charge in [0, 0.05) is 18.9 Å². The Morgan fingerprint density at radius 1 is 0.860 bits per heavy atom. The molecule has 2 saturated heterocycles. The molecule has 9 atom stereocenters. The first-order valence-electron chi connectivity index (χ1n) is 20.1. The smallest absolute Gasteiger partial charge is 0.387 e. The summed E-state index contributed by atoms with van der Waals surface area (Å²) in [6.45, 7) is 3.77. The van der Waals surface area contributed by atoms with Crippen molar-refractivity contribution in [3.05, 3.63) is 45.5 Å². The summed E-state index contributed by atoms with van der Waals surface area (Å²) in [6, 6.07) is 2.65. The molecule has 19 heteroatoms. The Balaban J connectivity index is 1.32. The summed E-state index contributed by atoms with van der Waals surface area (Å²) in [5.41, 5.74) is -1.89. The van der Waals surface area contributed by atoms with Crippen LogP contribution in [-0.2, 0) is 18.6 Å². The molecule has 2 fully saturated rings. The zero-order chi connectivity index (χ0) is 41.8. The minimum Gasteiger partial charge on any atom is -0.387 e. The van der Waals surface area contributed by atoms with Crippen LogP contribution in [0, 0.1) is 12.3 Å². The second kappa shape index (κ2) is 21.2. The van der Waals surface area contributed by atoms with Crippen LogP contribution in [0.25, 0.3) is 0 Å². The van der Waals surface area contributed by atoms with Crippen LogP contribution in [-0.4, -0.2) is 97.6 Å². The van der Waals surface area contributed by atoms with E-state index in [-0.39, 0.29) is 11.6 Å². The number of nitrogens with one attached hydrogen (secondary N) is 1. The zero-order valence-electron chi connectivity index (χ0n) is 32.9. The van der Waals surface area contributed by atoms with E-state index >= 15 is 0 Å². The second-order valence-corrected chi connectivity index (χ2v) is 16.5. The fourth-order valence-electron chi connectivity index (χ4n) is 7.72. The molecule has 2 aliphatic heterocycles. The highest BCUT2D eigenvalue weighted by atomic mass is 31.2. The van der Waals surface area contributed by atoms with E-state index in [4.69, 9.17) is 26.2 Å². The molecule has 9 N–H and O–H groups in total. The van der Waals surface area contributed by atoms with Crippen LogP contribution < -0.4 is 22.4 Å². The molecule has 2 aliphatic rings. The zero-order valence-corrected chi connectivity index (χ0v) is 33.8. The highest BCUT2D eigenvalue weighted by Crippen LogP contribution is 2.53. The second-order valence-electron chi connectivity index (χ2n) is 15.3. The molecule has 57 heavy (non-hydrogen) atoms. The van der Waals surface area contributed by atoms with E-state index in [0.29, 0.717) is 6.54 Å². The summed E-state index contributed by atoms with van der Waals surface area (Å²) >= 11 is 0. The number of aromatic nitrogens is 4. The van der Waals surface area contributed by atoms with Gasteiger partial charge in [0.15, 0.2) is 18.1 Å². The van der Waals surface area contributed by atoms with Crippen LogP contribution in [0.15, 0.2) is 34.1 Å². The van der Waals surface area contributed by atoms with E-state index in [9.17, 15) is 44.4 Å². The van der Waals surface area contributed by atoms with Gasteiger partial charge < -0.3 is 50.7 Å². The van der Waals surface area contributed by atoms with Gasteiger partial charge in [-0.2, -0.15) is 9.97 Å². The first kappa shape index (κ1) is 46.5. The fourth-order valence-corrected chi connectivity index (χ4v) is 8.44. The predicted octanol–water partition coefficient (Wildman–Crippen LogP) is 2.87. The summed E-state index contributed by atoms with van der Waals surface area (Å²) in [4.78, 5) is 53.2.